The first-order valence-corrected chi connectivity index (χ1v) is 8.08. The Hall–Kier alpha value is -2.87. The predicted octanol–water partition coefficient (Wildman–Crippen LogP) is 5.38. The largest absolute Gasteiger partial charge is 0.507 e. The van der Waals surface area contributed by atoms with Crippen molar-refractivity contribution in [2.45, 2.75) is 13.8 Å². The first-order chi connectivity index (χ1) is 11.6. The minimum absolute atomic E-state index is 0.0721. The Morgan fingerprint density at radius 2 is 1.46 bits per heavy atom. The summed E-state index contributed by atoms with van der Waals surface area (Å²) in [6.07, 6.45) is 7.75. The number of aryl methyl sites for hydroxylation is 2. The third kappa shape index (κ3) is 3.09. The van der Waals surface area contributed by atoms with Gasteiger partial charge in [-0.3, -0.25) is 0 Å². The van der Waals surface area contributed by atoms with Gasteiger partial charge in [-0.05, 0) is 25.0 Å². The summed E-state index contributed by atoms with van der Waals surface area (Å²) in [7, 11) is 0. The van der Waals surface area contributed by atoms with Gasteiger partial charge in [-0.25, -0.2) is 0 Å². The molecule has 0 heterocycles. The van der Waals surface area contributed by atoms with E-state index in [1.54, 1.807) is 0 Å². The molecule has 120 valence electrons. The van der Waals surface area contributed by atoms with Crippen molar-refractivity contribution in [3.63, 3.8) is 0 Å². The van der Waals surface area contributed by atoms with Crippen molar-refractivity contribution >= 4 is 11.5 Å². The number of allylic oxidation sites excluding steroid dienone is 5. The second-order valence-electron chi connectivity index (χ2n) is 6.09. The van der Waals surface area contributed by atoms with Crippen LogP contribution in [0.4, 0.5) is 0 Å². The highest BCUT2D eigenvalue weighted by Crippen LogP contribution is 2.26. The van der Waals surface area contributed by atoms with Gasteiger partial charge in [0.1, 0.15) is 5.76 Å². The van der Waals surface area contributed by atoms with E-state index in [1.807, 2.05) is 86.7 Å². The molecule has 2 aromatic carbocycles. The van der Waals surface area contributed by atoms with Crippen molar-refractivity contribution in [1.29, 1.82) is 5.41 Å². The molecule has 0 saturated carbocycles. The van der Waals surface area contributed by atoms with Crippen LogP contribution in [0.1, 0.15) is 22.3 Å². The van der Waals surface area contributed by atoms with E-state index < -0.39 is 0 Å². The molecule has 0 aromatic heterocycles. The molecule has 24 heavy (non-hydrogen) atoms. The normalized spacial score (nSPS) is 16.2. The molecular weight excluding hydrogens is 294 g/mol. The summed E-state index contributed by atoms with van der Waals surface area (Å²) in [6, 6.07) is 15.6. The van der Waals surface area contributed by atoms with Crippen molar-refractivity contribution < 1.29 is 5.11 Å². The van der Waals surface area contributed by atoms with Crippen LogP contribution in [-0.2, 0) is 0 Å². The zero-order chi connectivity index (χ0) is 17.1. The van der Waals surface area contributed by atoms with E-state index in [9.17, 15) is 5.11 Å². The lowest BCUT2D eigenvalue weighted by Crippen LogP contribution is -2.15. The summed E-state index contributed by atoms with van der Waals surface area (Å²) in [5.74, 6) is 0.192. The van der Waals surface area contributed by atoms with Gasteiger partial charge in [-0.1, -0.05) is 72.8 Å². The highest BCUT2D eigenvalue weighted by atomic mass is 16.3. The molecule has 3 rings (SSSR count). The molecule has 1 aliphatic rings. The molecular formula is C22H21NO. The number of aliphatic hydroxyl groups is 1. The van der Waals surface area contributed by atoms with Crippen LogP contribution in [0.25, 0.3) is 5.76 Å². The molecule has 0 fully saturated rings. The summed E-state index contributed by atoms with van der Waals surface area (Å²) < 4.78 is 0. The minimum atomic E-state index is -0.0721. The van der Waals surface area contributed by atoms with Crippen LogP contribution in [0.15, 0.2) is 78.4 Å². The second kappa shape index (κ2) is 6.71. The van der Waals surface area contributed by atoms with E-state index in [0.717, 1.165) is 27.8 Å². The monoisotopic (exact) mass is 315 g/mol. The molecule has 2 aromatic rings. The van der Waals surface area contributed by atoms with Crippen molar-refractivity contribution in [2.24, 2.45) is 5.92 Å². The summed E-state index contributed by atoms with van der Waals surface area (Å²) in [4.78, 5) is 0. The smallest absolute Gasteiger partial charge is 0.129 e. The molecule has 0 saturated heterocycles. The quantitative estimate of drug-likeness (QED) is 0.579. The van der Waals surface area contributed by atoms with Gasteiger partial charge in [-0.15, -0.1) is 0 Å². The minimum Gasteiger partial charge on any atom is -0.507 e. The van der Waals surface area contributed by atoms with Gasteiger partial charge in [0.2, 0.25) is 0 Å². The molecule has 0 aliphatic heterocycles. The third-order valence-corrected chi connectivity index (χ3v) is 4.37. The Labute approximate surface area is 143 Å². The lowest BCUT2D eigenvalue weighted by Gasteiger charge is -2.18. The molecule has 2 N–H and O–H groups in total. The molecule has 0 bridgehead atoms. The van der Waals surface area contributed by atoms with Crippen LogP contribution < -0.4 is 0 Å². The lowest BCUT2D eigenvalue weighted by molar-refractivity contribution is 0.509. The Kier molecular flexibility index (Phi) is 4.48. The number of rotatable bonds is 3. The second-order valence-corrected chi connectivity index (χ2v) is 6.09. The molecule has 0 spiro atoms. The number of aliphatic hydroxyl groups excluding tert-OH is 1. The predicted molar refractivity (Wildman–Crippen MR) is 101 cm³/mol. The van der Waals surface area contributed by atoms with E-state index in [0.29, 0.717) is 5.71 Å². The molecule has 0 radical (unpaired) electrons. The van der Waals surface area contributed by atoms with Gasteiger partial charge in [0.15, 0.2) is 0 Å². The van der Waals surface area contributed by atoms with Gasteiger partial charge in [-0.2, -0.15) is 0 Å². The summed E-state index contributed by atoms with van der Waals surface area (Å²) >= 11 is 0. The highest BCUT2D eigenvalue weighted by molar-refractivity contribution is 6.04. The number of nitrogens with one attached hydrogen (secondary N) is 1. The SMILES string of the molecule is Cc1cccc(C)c1C(=N)C1C=CC(=C(O)c2ccccc2)C=C1. The van der Waals surface area contributed by atoms with Gasteiger partial charge < -0.3 is 10.5 Å². The van der Waals surface area contributed by atoms with E-state index in [2.05, 4.69) is 0 Å². The first kappa shape index (κ1) is 16.0. The van der Waals surface area contributed by atoms with Crippen LogP contribution in [0.3, 0.4) is 0 Å². The van der Waals surface area contributed by atoms with Crippen molar-refractivity contribution in [1.82, 2.24) is 0 Å². The standard InChI is InChI=1S/C22H21NO/c1-15-7-6-8-16(2)20(15)21(23)17-11-13-19(14-12-17)22(24)18-9-4-3-5-10-18/h3-14,17,23-24H,1-2H3. The average Bonchev–Trinajstić information content (AvgIpc) is 2.62. The molecule has 1 aliphatic carbocycles. The van der Waals surface area contributed by atoms with Crippen LogP contribution in [0.5, 0.6) is 0 Å². The van der Waals surface area contributed by atoms with Gasteiger partial charge in [0.25, 0.3) is 0 Å². The summed E-state index contributed by atoms with van der Waals surface area (Å²) in [5.41, 5.74) is 5.41. The van der Waals surface area contributed by atoms with E-state index >= 15 is 0 Å². The fourth-order valence-corrected chi connectivity index (χ4v) is 3.05. The topological polar surface area (TPSA) is 44.1 Å². The Bertz CT molecular complexity index is 821. The molecule has 0 atom stereocenters. The fourth-order valence-electron chi connectivity index (χ4n) is 3.05. The van der Waals surface area contributed by atoms with Crippen molar-refractivity contribution in [3.05, 3.63) is 101 Å². The maximum atomic E-state index is 10.4. The fraction of sp³-hybridized carbons (Fsp3) is 0.136. The highest BCUT2D eigenvalue weighted by Gasteiger charge is 2.17. The Morgan fingerprint density at radius 3 is 2.04 bits per heavy atom. The Balaban J connectivity index is 1.86. The number of hydrogen-bond donors (Lipinski definition) is 2. The van der Waals surface area contributed by atoms with E-state index in [4.69, 9.17) is 5.41 Å². The molecule has 2 heteroatoms. The van der Waals surface area contributed by atoms with Crippen LogP contribution in [0.2, 0.25) is 0 Å². The van der Waals surface area contributed by atoms with Crippen molar-refractivity contribution in [2.75, 3.05) is 0 Å². The van der Waals surface area contributed by atoms with E-state index in [-0.39, 0.29) is 11.7 Å². The Morgan fingerprint density at radius 1 is 0.875 bits per heavy atom. The van der Waals surface area contributed by atoms with Crippen molar-refractivity contribution in [3.8, 4) is 0 Å². The zero-order valence-corrected chi connectivity index (χ0v) is 14.0. The zero-order valence-electron chi connectivity index (χ0n) is 14.0. The van der Waals surface area contributed by atoms with Crippen LogP contribution in [-0.4, -0.2) is 10.8 Å². The molecule has 2 nitrogen and oxygen atoms in total. The summed E-state index contributed by atoms with van der Waals surface area (Å²) in [5, 5.41) is 19.0. The van der Waals surface area contributed by atoms with Gasteiger partial charge >= 0.3 is 0 Å². The average molecular weight is 315 g/mol. The summed E-state index contributed by atoms with van der Waals surface area (Å²) in [6.45, 7) is 4.08. The maximum absolute atomic E-state index is 10.4. The van der Waals surface area contributed by atoms with Crippen LogP contribution >= 0.6 is 0 Å². The molecule has 0 amide bonds. The first-order valence-electron chi connectivity index (χ1n) is 8.08. The molecule has 0 unspecified atom stereocenters. The number of hydrogen-bond acceptors (Lipinski definition) is 2. The van der Waals surface area contributed by atoms with Gasteiger partial charge in [0, 0.05) is 28.3 Å². The van der Waals surface area contributed by atoms with Crippen LogP contribution in [0, 0.1) is 25.2 Å². The van der Waals surface area contributed by atoms with E-state index in [1.165, 1.54) is 0 Å². The van der Waals surface area contributed by atoms with Gasteiger partial charge in [0.05, 0.1) is 0 Å². The number of benzene rings is 2. The third-order valence-electron chi connectivity index (χ3n) is 4.37. The maximum Gasteiger partial charge on any atom is 0.129 e. The lowest BCUT2D eigenvalue weighted by atomic mass is 9.87.